The van der Waals surface area contributed by atoms with Crippen LogP contribution in [0.15, 0.2) is 51.4 Å². The summed E-state index contributed by atoms with van der Waals surface area (Å²) in [6.07, 6.45) is 3.98. The maximum absolute atomic E-state index is 13.3. The second kappa shape index (κ2) is 10.8. The number of nitrogens with one attached hydrogen (secondary N) is 2. The van der Waals surface area contributed by atoms with Crippen LogP contribution in [0.3, 0.4) is 0 Å². The summed E-state index contributed by atoms with van der Waals surface area (Å²) in [5, 5.41) is 7.53. The Labute approximate surface area is 201 Å². The van der Waals surface area contributed by atoms with Crippen LogP contribution in [-0.4, -0.2) is 27.5 Å². The average Bonchev–Trinajstić information content (AvgIpc) is 3.34. The molecule has 0 radical (unpaired) electrons. The number of fused-ring (bicyclic) bond motifs is 1. The van der Waals surface area contributed by atoms with Gasteiger partial charge < -0.3 is 10.6 Å². The van der Waals surface area contributed by atoms with E-state index in [9.17, 15) is 19.2 Å². The molecule has 4 rings (SSSR count). The van der Waals surface area contributed by atoms with E-state index in [2.05, 4.69) is 10.6 Å². The fourth-order valence-corrected chi connectivity index (χ4v) is 5.41. The summed E-state index contributed by atoms with van der Waals surface area (Å²) in [5.74, 6) is -0.0869. The molecule has 2 amide bonds. The number of benzene rings is 1. The third-order valence-electron chi connectivity index (χ3n) is 6.40. The van der Waals surface area contributed by atoms with E-state index in [1.807, 2.05) is 25.1 Å². The predicted molar refractivity (Wildman–Crippen MR) is 134 cm³/mol. The van der Waals surface area contributed by atoms with Gasteiger partial charge in [-0.1, -0.05) is 25.1 Å². The summed E-state index contributed by atoms with van der Waals surface area (Å²) in [6, 6.07) is 10.8. The van der Waals surface area contributed by atoms with Gasteiger partial charge >= 0.3 is 5.69 Å². The Hall–Kier alpha value is -3.20. The summed E-state index contributed by atoms with van der Waals surface area (Å²) in [6.45, 7) is 2.84. The predicted octanol–water partition coefficient (Wildman–Crippen LogP) is 3.20. The van der Waals surface area contributed by atoms with Crippen molar-refractivity contribution >= 4 is 39.1 Å². The van der Waals surface area contributed by atoms with Gasteiger partial charge in [-0.25, -0.2) is 4.79 Å². The van der Waals surface area contributed by atoms with Crippen molar-refractivity contribution < 1.29 is 9.59 Å². The number of carbonyl (C=O) groups is 2. The standard InChI is InChI=1S/C25H30N4O4S/c1-2-13-26-23(31)18-10-8-17(9-11-18)15-29-24(32)22-20(12-14-34-22)28(25(29)33)16-21(30)27-19-6-4-3-5-7-19/h3-7,12,14,17-18H,2,8-11,13,15-16H2,1H3,(H,26,31)(H,27,30). The molecule has 0 atom stereocenters. The van der Waals surface area contributed by atoms with Gasteiger partial charge in [0.15, 0.2) is 0 Å². The summed E-state index contributed by atoms with van der Waals surface area (Å²) in [5.41, 5.74) is 0.352. The average molecular weight is 483 g/mol. The van der Waals surface area contributed by atoms with Crippen molar-refractivity contribution in [2.45, 2.75) is 52.1 Å². The van der Waals surface area contributed by atoms with E-state index in [1.54, 1.807) is 23.6 Å². The normalized spacial score (nSPS) is 18.0. The quantitative estimate of drug-likeness (QED) is 0.515. The van der Waals surface area contributed by atoms with E-state index in [1.165, 1.54) is 20.5 Å². The second-order valence-corrected chi connectivity index (χ2v) is 9.76. The number of aromatic nitrogens is 2. The van der Waals surface area contributed by atoms with E-state index in [4.69, 9.17) is 0 Å². The zero-order valence-corrected chi connectivity index (χ0v) is 20.1. The lowest BCUT2D eigenvalue weighted by Crippen LogP contribution is -2.43. The maximum atomic E-state index is 13.3. The minimum atomic E-state index is -0.470. The van der Waals surface area contributed by atoms with E-state index >= 15 is 0 Å². The lowest BCUT2D eigenvalue weighted by Gasteiger charge is -2.28. The summed E-state index contributed by atoms with van der Waals surface area (Å²) in [4.78, 5) is 51.4. The van der Waals surface area contributed by atoms with Crippen molar-refractivity contribution in [1.82, 2.24) is 14.5 Å². The SMILES string of the molecule is CCCNC(=O)C1CCC(Cn2c(=O)c3sccc3n(CC(=O)Nc3ccccc3)c2=O)CC1. The summed E-state index contributed by atoms with van der Waals surface area (Å²) >= 11 is 1.28. The molecule has 2 aromatic heterocycles. The van der Waals surface area contributed by atoms with Gasteiger partial charge in [-0.15, -0.1) is 11.3 Å². The van der Waals surface area contributed by atoms with Crippen LogP contribution >= 0.6 is 11.3 Å². The van der Waals surface area contributed by atoms with E-state index < -0.39 is 5.69 Å². The van der Waals surface area contributed by atoms with E-state index in [0.717, 1.165) is 32.1 Å². The Morgan fingerprint density at radius 3 is 2.47 bits per heavy atom. The highest BCUT2D eigenvalue weighted by atomic mass is 32.1. The van der Waals surface area contributed by atoms with E-state index in [-0.39, 0.29) is 35.8 Å². The molecule has 0 unspecified atom stereocenters. The fourth-order valence-electron chi connectivity index (χ4n) is 4.57. The van der Waals surface area contributed by atoms with Crippen molar-refractivity contribution in [1.29, 1.82) is 0 Å². The van der Waals surface area contributed by atoms with Crippen molar-refractivity contribution in [2.24, 2.45) is 11.8 Å². The first kappa shape index (κ1) is 23.9. The van der Waals surface area contributed by atoms with Gasteiger partial charge in [0.25, 0.3) is 5.56 Å². The molecule has 0 bridgehead atoms. The number of para-hydroxylation sites is 1. The number of hydrogen-bond acceptors (Lipinski definition) is 5. The minimum Gasteiger partial charge on any atom is -0.356 e. The molecule has 1 aliphatic rings. The van der Waals surface area contributed by atoms with Gasteiger partial charge in [0, 0.05) is 24.7 Å². The van der Waals surface area contributed by atoms with Crippen LogP contribution in [0.25, 0.3) is 10.2 Å². The third-order valence-corrected chi connectivity index (χ3v) is 7.29. The zero-order valence-electron chi connectivity index (χ0n) is 19.3. The van der Waals surface area contributed by atoms with Crippen molar-refractivity contribution in [2.75, 3.05) is 11.9 Å². The van der Waals surface area contributed by atoms with Crippen LogP contribution in [0, 0.1) is 11.8 Å². The first-order valence-corrected chi connectivity index (χ1v) is 12.7. The Morgan fingerprint density at radius 1 is 1.03 bits per heavy atom. The first-order valence-electron chi connectivity index (χ1n) is 11.8. The molecule has 0 saturated heterocycles. The maximum Gasteiger partial charge on any atom is 0.332 e. The molecule has 2 N–H and O–H groups in total. The molecular weight excluding hydrogens is 452 g/mol. The number of carbonyl (C=O) groups excluding carboxylic acids is 2. The summed E-state index contributed by atoms with van der Waals surface area (Å²) < 4.78 is 3.13. The third kappa shape index (κ3) is 5.30. The smallest absolute Gasteiger partial charge is 0.332 e. The van der Waals surface area contributed by atoms with Crippen LogP contribution in [0.1, 0.15) is 39.0 Å². The zero-order chi connectivity index (χ0) is 24.1. The van der Waals surface area contributed by atoms with Crippen LogP contribution < -0.4 is 21.9 Å². The lowest BCUT2D eigenvalue weighted by atomic mass is 9.81. The first-order chi connectivity index (χ1) is 16.5. The largest absolute Gasteiger partial charge is 0.356 e. The van der Waals surface area contributed by atoms with Crippen LogP contribution in [0.2, 0.25) is 0 Å². The number of amides is 2. The number of anilines is 1. The summed E-state index contributed by atoms with van der Waals surface area (Å²) in [7, 11) is 0. The van der Waals surface area contributed by atoms with Crippen molar-refractivity contribution in [3.8, 4) is 0 Å². The van der Waals surface area contributed by atoms with Gasteiger partial charge in [0.05, 0.1) is 5.52 Å². The number of thiophene rings is 1. The van der Waals surface area contributed by atoms with Crippen molar-refractivity contribution in [3.63, 3.8) is 0 Å². The molecule has 1 fully saturated rings. The molecular formula is C25H30N4O4S. The molecule has 9 heteroatoms. The van der Waals surface area contributed by atoms with Gasteiger partial charge in [-0.3, -0.25) is 23.5 Å². The topological polar surface area (TPSA) is 102 Å². The highest BCUT2D eigenvalue weighted by Crippen LogP contribution is 2.29. The monoisotopic (exact) mass is 482 g/mol. The Balaban J connectivity index is 1.51. The molecule has 0 aliphatic heterocycles. The van der Waals surface area contributed by atoms with E-state index in [0.29, 0.717) is 29.0 Å². The molecule has 1 saturated carbocycles. The molecule has 34 heavy (non-hydrogen) atoms. The Bertz CT molecular complexity index is 1270. The van der Waals surface area contributed by atoms with Gasteiger partial charge in [0.1, 0.15) is 11.2 Å². The molecule has 0 spiro atoms. The van der Waals surface area contributed by atoms with Crippen molar-refractivity contribution in [3.05, 3.63) is 62.6 Å². The molecule has 1 aromatic carbocycles. The molecule has 180 valence electrons. The highest BCUT2D eigenvalue weighted by molar-refractivity contribution is 7.17. The molecule has 3 aromatic rings. The molecule has 2 heterocycles. The molecule has 1 aliphatic carbocycles. The van der Waals surface area contributed by atoms with Gasteiger partial charge in [-0.05, 0) is 61.6 Å². The second-order valence-electron chi connectivity index (χ2n) is 8.84. The minimum absolute atomic E-state index is 0.00219. The van der Waals surface area contributed by atoms with Crippen LogP contribution in [0.4, 0.5) is 5.69 Å². The van der Waals surface area contributed by atoms with Gasteiger partial charge in [0.2, 0.25) is 11.8 Å². The number of nitrogens with zero attached hydrogens (tertiary/aromatic N) is 2. The number of rotatable bonds is 8. The van der Waals surface area contributed by atoms with Crippen LogP contribution in [0.5, 0.6) is 0 Å². The lowest BCUT2D eigenvalue weighted by molar-refractivity contribution is -0.126. The van der Waals surface area contributed by atoms with Crippen LogP contribution in [-0.2, 0) is 22.7 Å². The number of hydrogen-bond donors (Lipinski definition) is 2. The molecule has 8 nitrogen and oxygen atoms in total. The highest BCUT2D eigenvalue weighted by Gasteiger charge is 2.27. The van der Waals surface area contributed by atoms with Gasteiger partial charge in [-0.2, -0.15) is 0 Å². The Kier molecular flexibility index (Phi) is 7.62. The Morgan fingerprint density at radius 2 is 1.76 bits per heavy atom. The fraction of sp³-hybridized carbons (Fsp3) is 0.440.